The van der Waals surface area contributed by atoms with Crippen molar-refractivity contribution in [3.63, 3.8) is 0 Å². The van der Waals surface area contributed by atoms with Gasteiger partial charge in [-0.05, 0) is 139 Å². The Bertz CT molecular complexity index is 3130. The molecule has 83 heavy (non-hydrogen) atoms. The summed E-state index contributed by atoms with van der Waals surface area (Å²) < 4.78 is 27.8. The molecular weight excluding hydrogens is 1100 g/mol. The van der Waals surface area contributed by atoms with Gasteiger partial charge in [0.25, 0.3) is 11.8 Å². The Hall–Kier alpha value is -7.14. The summed E-state index contributed by atoms with van der Waals surface area (Å²) in [5.74, 6) is -4.92. The van der Waals surface area contributed by atoms with Crippen molar-refractivity contribution in [2.45, 2.75) is 139 Å². The van der Waals surface area contributed by atoms with Crippen molar-refractivity contribution in [2.24, 2.45) is 17.8 Å². The average Bonchev–Trinajstić information content (AvgIpc) is 4.41. The molecule has 5 aliphatic rings. The largest absolute Gasteiger partial charge is 0.347 e. The van der Waals surface area contributed by atoms with E-state index in [0.29, 0.717) is 10.0 Å². The van der Waals surface area contributed by atoms with Gasteiger partial charge in [0.05, 0.1) is 30.1 Å². The highest BCUT2D eigenvalue weighted by atomic mass is 32.1. The molecule has 1 unspecified atom stereocenters. The fourth-order valence-corrected chi connectivity index (χ4v) is 13.7. The summed E-state index contributed by atoms with van der Waals surface area (Å²) >= 11 is 2.41. The SMILES string of the molecule is CN[C@@H](C)C(=O)N[C@H](C(=O)N1C[C@@H](NC(=O)c2ccc(C(=O)N[C@H]3C[C@@H](c4nc(C(=O)C5C=CC=C(F)C=C5)cs4)N(C(=O)[C@@H](NC(=O)[C@H](C)NC)C4CCCCC4)C3)cc2)C[C@H]1c1nc(C(=O)c2ccc(F)cc2)cs1)C1CCCCC1. The van der Waals surface area contributed by atoms with Crippen LogP contribution in [0.5, 0.6) is 0 Å². The number of Topliss-reactive ketones (excluding diaryl/α,β-unsaturated/α-hetero) is 1. The summed E-state index contributed by atoms with van der Waals surface area (Å²) in [5.41, 5.74) is 1.01. The first kappa shape index (κ1) is 60.5. The van der Waals surface area contributed by atoms with Gasteiger partial charge in [-0.15, -0.1) is 22.7 Å². The number of carbonyl (C=O) groups is 8. The lowest BCUT2D eigenvalue weighted by Crippen LogP contribution is -2.56. The molecule has 2 aromatic heterocycles. The lowest BCUT2D eigenvalue weighted by molar-refractivity contribution is -0.139. The Morgan fingerprint density at radius 3 is 1.51 bits per heavy atom. The van der Waals surface area contributed by atoms with E-state index in [1.54, 1.807) is 54.6 Å². The molecule has 2 saturated carbocycles. The first-order chi connectivity index (χ1) is 40.0. The van der Waals surface area contributed by atoms with Crippen LogP contribution in [0.15, 0.2) is 95.5 Å². The molecule has 0 spiro atoms. The van der Waals surface area contributed by atoms with E-state index in [1.807, 2.05) is 0 Å². The van der Waals surface area contributed by atoms with Crippen molar-refractivity contribution in [1.82, 2.24) is 51.7 Å². The normalized spacial score (nSPS) is 22.6. The number of benzene rings is 2. The second-order valence-electron chi connectivity index (χ2n) is 22.4. The number of nitrogens with one attached hydrogen (secondary N) is 6. The van der Waals surface area contributed by atoms with E-state index >= 15 is 0 Å². The Morgan fingerprint density at radius 2 is 1.04 bits per heavy atom. The molecule has 3 aliphatic carbocycles. The lowest BCUT2D eigenvalue weighted by Gasteiger charge is -2.35. The summed E-state index contributed by atoms with van der Waals surface area (Å²) in [7, 11) is 3.34. The monoisotopic (exact) mass is 1170 g/mol. The highest BCUT2D eigenvalue weighted by Gasteiger charge is 2.46. The topological polar surface area (TPSA) is 241 Å². The molecule has 440 valence electrons. The number of carbonyl (C=O) groups excluding carboxylic acids is 8. The predicted molar refractivity (Wildman–Crippen MR) is 310 cm³/mol. The molecule has 6 N–H and O–H groups in total. The van der Waals surface area contributed by atoms with Crippen LogP contribution in [0.3, 0.4) is 0 Å². The number of thiazole rings is 2. The first-order valence-electron chi connectivity index (χ1n) is 28.8. The molecule has 0 radical (unpaired) electrons. The van der Waals surface area contributed by atoms with Gasteiger partial charge in [0.2, 0.25) is 29.4 Å². The number of likely N-dealkylation sites (tertiary alicyclic amines) is 2. The quantitative estimate of drug-likeness (QED) is 0.0480. The van der Waals surface area contributed by atoms with Gasteiger partial charge in [-0.25, -0.2) is 18.7 Å². The maximum absolute atomic E-state index is 15.0. The van der Waals surface area contributed by atoms with Crippen molar-refractivity contribution < 1.29 is 47.1 Å². The summed E-state index contributed by atoms with van der Waals surface area (Å²) in [4.78, 5) is 125. The van der Waals surface area contributed by atoms with E-state index in [0.717, 1.165) is 64.2 Å². The van der Waals surface area contributed by atoms with Crippen molar-refractivity contribution in [2.75, 3.05) is 27.2 Å². The molecule has 4 aromatic rings. The molecule has 4 fully saturated rings. The third kappa shape index (κ3) is 14.4. The van der Waals surface area contributed by atoms with Crippen LogP contribution in [-0.2, 0) is 19.2 Å². The van der Waals surface area contributed by atoms with E-state index in [9.17, 15) is 47.1 Å². The Labute approximate surface area is 489 Å². The van der Waals surface area contributed by atoms with Crippen LogP contribution in [-0.4, -0.2) is 130 Å². The molecule has 2 saturated heterocycles. The third-order valence-corrected chi connectivity index (χ3v) is 18.7. The van der Waals surface area contributed by atoms with Crippen LogP contribution in [0.1, 0.15) is 160 Å². The molecule has 4 heterocycles. The van der Waals surface area contributed by atoms with Gasteiger partial charge in [0.15, 0.2) is 5.78 Å². The first-order valence-corrected chi connectivity index (χ1v) is 30.5. The van der Waals surface area contributed by atoms with E-state index in [4.69, 9.17) is 9.97 Å². The van der Waals surface area contributed by atoms with Crippen LogP contribution in [0.4, 0.5) is 8.78 Å². The summed E-state index contributed by atoms with van der Waals surface area (Å²) in [6, 6.07) is 5.93. The summed E-state index contributed by atoms with van der Waals surface area (Å²) in [6.45, 7) is 3.59. The molecule has 6 amide bonds. The third-order valence-electron chi connectivity index (χ3n) is 16.8. The second-order valence-corrected chi connectivity index (χ2v) is 24.1. The van der Waals surface area contributed by atoms with Gasteiger partial charge in [0.1, 0.15) is 45.1 Å². The number of allylic oxidation sites excluding steroid dienone is 6. The minimum atomic E-state index is -0.846. The zero-order valence-electron chi connectivity index (χ0n) is 47.0. The highest BCUT2D eigenvalue weighted by Crippen LogP contribution is 2.39. The molecule has 2 aromatic carbocycles. The highest BCUT2D eigenvalue weighted by molar-refractivity contribution is 7.10. The number of nitrogens with zero attached hydrogens (tertiary/aromatic N) is 4. The molecule has 22 heteroatoms. The smallest absolute Gasteiger partial charge is 0.251 e. The summed E-state index contributed by atoms with van der Waals surface area (Å²) in [6.07, 6.45) is 16.2. The van der Waals surface area contributed by atoms with Crippen molar-refractivity contribution in [3.05, 3.63) is 139 Å². The number of hydrogen-bond donors (Lipinski definition) is 6. The maximum Gasteiger partial charge on any atom is 0.251 e. The Morgan fingerprint density at radius 1 is 0.590 bits per heavy atom. The van der Waals surface area contributed by atoms with E-state index < -0.39 is 83.5 Å². The van der Waals surface area contributed by atoms with Gasteiger partial charge < -0.3 is 41.7 Å². The average molecular weight is 1180 g/mol. The Kier molecular flexibility index (Phi) is 20.0. The minimum absolute atomic E-state index is 0.0781. The maximum atomic E-state index is 15.0. The standard InChI is InChI=1S/C61H72F2N10O8S2/c1-34(64-3)54(76)70-50(36-12-7-5-8-13-36)60(80)72-30-44(28-48(72)58-68-46(32-82-58)52(74)38-16-11-17-42(62)25-22-38)66-56(78)40-18-20-41(21-19-40)57(79)67-45-29-49(59-69-47(33-83-59)53(75)39-23-26-43(63)27-24-39)73(31-45)61(81)51(37-14-9-6-10-15-37)71-55(77)35(2)65-4/h11,16-27,32-38,44-45,48-51,64-65H,5-10,12-15,28-31H2,1-4H3,(H,66,78)(H,67,79)(H,70,76)(H,71,77)/t34-,35-,38?,44-,45-,48-,49-,50-,51-/m0/s1. The van der Waals surface area contributed by atoms with Gasteiger partial charge in [-0.3, -0.25) is 38.4 Å². The van der Waals surface area contributed by atoms with E-state index in [1.165, 1.54) is 95.5 Å². The van der Waals surface area contributed by atoms with Gasteiger partial charge >= 0.3 is 0 Å². The number of rotatable bonds is 20. The van der Waals surface area contributed by atoms with Gasteiger partial charge in [0, 0.05) is 52.6 Å². The number of likely N-dealkylation sites (N-methyl/N-ethyl adjacent to an activating group) is 2. The van der Waals surface area contributed by atoms with Gasteiger partial charge in [-0.1, -0.05) is 56.8 Å². The second kappa shape index (κ2) is 27.5. The van der Waals surface area contributed by atoms with Crippen LogP contribution < -0.4 is 31.9 Å². The van der Waals surface area contributed by atoms with Crippen LogP contribution in [0.25, 0.3) is 0 Å². The van der Waals surface area contributed by atoms with Gasteiger partial charge in [-0.2, -0.15) is 0 Å². The van der Waals surface area contributed by atoms with Crippen molar-refractivity contribution in [3.8, 4) is 0 Å². The molecule has 0 bridgehead atoms. The van der Waals surface area contributed by atoms with Crippen LogP contribution in [0.2, 0.25) is 0 Å². The number of amides is 6. The number of ketones is 2. The van der Waals surface area contributed by atoms with E-state index in [-0.39, 0.29) is 95.3 Å². The molecule has 9 atom stereocenters. The number of hydrogen-bond acceptors (Lipinski definition) is 14. The minimum Gasteiger partial charge on any atom is -0.347 e. The van der Waals surface area contributed by atoms with Crippen molar-refractivity contribution in [1.29, 1.82) is 0 Å². The molecule has 2 aliphatic heterocycles. The number of aromatic nitrogens is 2. The Balaban J connectivity index is 0.916. The van der Waals surface area contributed by atoms with Crippen molar-refractivity contribution >= 4 is 69.7 Å². The fourth-order valence-electron chi connectivity index (χ4n) is 11.8. The lowest BCUT2D eigenvalue weighted by atomic mass is 9.83. The zero-order chi connectivity index (χ0) is 58.9. The van der Waals surface area contributed by atoms with Crippen LogP contribution in [0, 0.1) is 23.6 Å². The van der Waals surface area contributed by atoms with E-state index in [2.05, 4.69) is 31.9 Å². The molecular formula is C61H72F2N10O8S2. The molecule has 9 rings (SSSR count). The van der Waals surface area contributed by atoms with Crippen LogP contribution >= 0.6 is 22.7 Å². The fraction of sp³-hybridized carbons (Fsp3) is 0.475. The predicted octanol–water partition coefficient (Wildman–Crippen LogP) is 7.24. The zero-order valence-corrected chi connectivity index (χ0v) is 48.7. The molecule has 18 nitrogen and oxygen atoms in total. The number of halogens is 2. The summed E-state index contributed by atoms with van der Waals surface area (Å²) in [5, 5.41) is 22.3.